The summed E-state index contributed by atoms with van der Waals surface area (Å²) in [7, 11) is 1.70. The third-order valence-electron chi connectivity index (χ3n) is 5.79. The van der Waals surface area contributed by atoms with Gasteiger partial charge in [-0.05, 0) is 36.3 Å². The molecule has 0 aliphatic rings. The second-order valence-electron chi connectivity index (χ2n) is 8.59. The van der Waals surface area contributed by atoms with E-state index in [4.69, 9.17) is 28.0 Å². The van der Waals surface area contributed by atoms with Crippen molar-refractivity contribution in [3.05, 3.63) is 29.8 Å². The minimum atomic E-state index is -1.08. The number of hydrogen-bond acceptors (Lipinski definition) is 12. The average Bonchev–Trinajstić information content (AvgIpc) is 2.90. The number of carbonyl (C=O) groups is 2. The molecule has 0 bridgehead atoms. The Balaban J connectivity index is 3.14. The van der Waals surface area contributed by atoms with E-state index in [1.165, 1.54) is 0 Å². The quantitative estimate of drug-likeness (QED) is 0.0554. The van der Waals surface area contributed by atoms with E-state index in [9.17, 15) is 19.8 Å². The highest BCUT2D eigenvalue weighted by molar-refractivity contribution is 7.80. The van der Waals surface area contributed by atoms with E-state index >= 15 is 0 Å². The lowest BCUT2D eigenvalue weighted by Gasteiger charge is -2.35. The van der Waals surface area contributed by atoms with E-state index in [0.717, 1.165) is 11.3 Å². The normalized spacial score (nSPS) is 12.2. The molecule has 7 N–H and O–H groups in total. The topological polar surface area (TPSA) is 197 Å². The number of benzene rings is 1. The molecule has 15 nitrogen and oxygen atoms in total. The molecule has 1 atom stereocenters. The van der Waals surface area contributed by atoms with Crippen LogP contribution in [0, 0.1) is 0 Å². The van der Waals surface area contributed by atoms with Crippen molar-refractivity contribution in [2.75, 3.05) is 84.5 Å². The summed E-state index contributed by atoms with van der Waals surface area (Å²) >= 11 is 5.11. The van der Waals surface area contributed by atoms with Gasteiger partial charge in [-0.15, -0.1) is 0 Å². The summed E-state index contributed by atoms with van der Waals surface area (Å²) in [6, 6.07) is 6.93. The second kappa shape index (κ2) is 20.4. The maximum Gasteiger partial charge on any atom is 0.317 e. The molecular weight excluding hydrogens is 538 g/mol. The van der Waals surface area contributed by atoms with Crippen LogP contribution in [0.3, 0.4) is 0 Å². The van der Waals surface area contributed by atoms with Gasteiger partial charge in [0.05, 0.1) is 32.9 Å². The maximum atomic E-state index is 11.7. The third kappa shape index (κ3) is 15.6. The lowest BCUT2D eigenvalue weighted by atomic mass is 10.0. The lowest BCUT2D eigenvalue weighted by Crippen LogP contribution is -2.50. The largest absolute Gasteiger partial charge is 0.480 e. The highest BCUT2D eigenvalue weighted by Gasteiger charge is 2.25. The summed E-state index contributed by atoms with van der Waals surface area (Å²) in [5.41, 5.74) is 1.63. The SMILES string of the molecule is CNC(=S)Nc1ccc(CC(CN(CCN(CCOO)CCOO)CC(=O)O)N(CCOO)CC(=O)O)cc1. The van der Waals surface area contributed by atoms with Crippen LogP contribution in [0.15, 0.2) is 24.3 Å². The number of carboxylic acid groups (broad SMARTS) is 2. The van der Waals surface area contributed by atoms with Crippen LogP contribution in [0.1, 0.15) is 5.56 Å². The molecule has 0 heterocycles. The minimum absolute atomic E-state index is 0.00439. The van der Waals surface area contributed by atoms with Crippen LogP contribution in [-0.4, -0.2) is 143 Å². The Morgan fingerprint density at radius 1 is 0.846 bits per heavy atom. The monoisotopic (exact) mass is 577 g/mol. The van der Waals surface area contributed by atoms with E-state index in [-0.39, 0.29) is 52.5 Å². The second-order valence-corrected chi connectivity index (χ2v) is 9.00. The van der Waals surface area contributed by atoms with Gasteiger partial charge in [0, 0.05) is 58.0 Å². The van der Waals surface area contributed by atoms with Crippen molar-refractivity contribution in [2.45, 2.75) is 12.5 Å². The first-order valence-corrected chi connectivity index (χ1v) is 12.6. The first kappa shape index (κ1) is 34.5. The molecule has 1 aromatic rings. The molecule has 222 valence electrons. The van der Waals surface area contributed by atoms with E-state index < -0.39 is 18.0 Å². The number of carboxylic acids is 2. The summed E-state index contributed by atoms with van der Waals surface area (Å²) in [4.78, 5) is 40.9. The molecule has 0 saturated carbocycles. The molecule has 1 unspecified atom stereocenters. The molecule has 0 radical (unpaired) electrons. The zero-order chi connectivity index (χ0) is 29.0. The molecule has 0 saturated heterocycles. The molecule has 1 aromatic carbocycles. The zero-order valence-corrected chi connectivity index (χ0v) is 22.7. The van der Waals surface area contributed by atoms with Crippen molar-refractivity contribution in [3.63, 3.8) is 0 Å². The van der Waals surface area contributed by atoms with Gasteiger partial charge in [-0.3, -0.25) is 40.1 Å². The molecule has 0 aliphatic carbocycles. The Hall–Kier alpha value is -2.51. The molecule has 16 heteroatoms. The number of nitrogens with one attached hydrogen (secondary N) is 2. The smallest absolute Gasteiger partial charge is 0.317 e. The molecule has 0 amide bonds. The first-order chi connectivity index (χ1) is 18.7. The summed E-state index contributed by atoms with van der Waals surface area (Å²) < 4.78 is 0. The van der Waals surface area contributed by atoms with Crippen LogP contribution in [0.5, 0.6) is 0 Å². The fourth-order valence-electron chi connectivity index (χ4n) is 3.90. The van der Waals surface area contributed by atoms with Crippen LogP contribution < -0.4 is 10.6 Å². The van der Waals surface area contributed by atoms with Gasteiger partial charge < -0.3 is 20.8 Å². The van der Waals surface area contributed by atoms with Crippen molar-refractivity contribution in [1.29, 1.82) is 0 Å². The highest BCUT2D eigenvalue weighted by Crippen LogP contribution is 2.15. The van der Waals surface area contributed by atoms with Gasteiger partial charge in [0.15, 0.2) is 5.11 Å². The van der Waals surface area contributed by atoms with E-state index in [0.29, 0.717) is 31.2 Å². The molecule has 39 heavy (non-hydrogen) atoms. The summed E-state index contributed by atoms with van der Waals surface area (Å²) in [5, 5.41) is 51.6. The fourth-order valence-corrected chi connectivity index (χ4v) is 4.02. The Morgan fingerprint density at radius 3 is 1.90 bits per heavy atom. The number of nitrogens with zero attached hydrogens (tertiary/aromatic N) is 3. The third-order valence-corrected chi connectivity index (χ3v) is 6.10. The van der Waals surface area contributed by atoms with E-state index in [2.05, 4.69) is 25.3 Å². The molecule has 0 aliphatic heterocycles. The van der Waals surface area contributed by atoms with Crippen molar-refractivity contribution in [3.8, 4) is 0 Å². The van der Waals surface area contributed by atoms with Crippen LogP contribution >= 0.6 is 12.2 Å². The van der Waals surface area contributed by atoms with Crippen molar-refractivity contribution < 1.29 is 50.2 Å². The molecular formula is C23H39N5O10S. The van der Waals surface area contributed by atoms with Crippen LogP contribution in [0.25, 0.3) is 0 Å². The van der Waals surface area contributed by atoms with Crippen LogP contribution in [0.4, 0.5) is 5.69 Å². The van der Waals surface area contributed by atoms with Crippen molar-refractivity contribution in [2.24, 2.45) is 0 Å². The zero-order valence-electron chi connectivity index (χ0n) is 21.9. The standard InChI is InChI=1S/C23H39N5O10S/c1-24-23(39)25-19-4-2-18(3-5-19)14-20(28(10-13-38-35)17-22(31)32)15-27(16-21(29)30)7-6-26(8-11-36-33)9-12-37-34/h2-5,20,33-35H,6-17H2,1H3,(H,29,30)(H,31,32)(H2,24,25,39). The van der Waals surface area contributed by atoms with Gasteiger partial charge in [-0.2, -0.15) is 0 Å². The van der Waals surface area contributed by atoms with Gasteiger partial charge >= 0.3 is 11.9 Å². The number of aliphatic carboxylic acids is 2. The van der Waals surface area contributed by atoms with Gasteiger partial charge in [0.25, 0.3) is 0 Å². The van der Waals surface area contributed by atoms with Crippen molar-refractivity contribution in [1.82, 2.24) is 20.0 Å². The average molecular weight is 578 g/mol. The molecule has 0 spiro atoms. The Morgan fingerprint density at radius 2 is 1.38 bits per heavy atom. The molecule has 0 aromatic heterocycles. The predicted molar refractivity (Wildman–Crippen MR) is 145 cm³/mol. The van der Waals surface area contributed by atoms with Gasteiger partial charge in [-0.1, -0.05) is 12.1 Å². The lowest BCUT2D eigenvalue weighted by molar-refractivity contribution is -0.251. The molecule has 0 fully saturated rings. The van der Waals surface area contributed by atoms with Crippen LogP contribution in [-0.2, 0) is 30.7 Å². The van der Waals surface area contributed by atoms with Gasteiger partial charge in [0.2, 0.25) is 0 Å². The summed E-state index contributed by atoms with van der Waals surface area (Å²) in [6.45, 7) is 0.753. The number of rotatable bonds is 22. The predicted octanol–water partition coefficient (Wildman–Crippen LogP) is 0.0579. The van der Waals surface area contributed by atoms with Gasteiger partial charge in [0.1, 0.15) is 0 Å². The Bertz CT molecular complexity index is 843. The summed E-state index contributed by atoms with van der Waals surface area (Å²) in [5.74, 6) is -2.14. The highest BCUT2D eigenvalue weighted by atomic mass is 32.1. The maximum absolute atomic E-state index is 11.7. The van der Waals surface area contributed by atoms with Crippen molar-refractivity contribution >= 4 is 35.0 Å². The minimum Gasteiger partial charge on any atom is -0.480 e. The van der Waals surface area contributed by atoms with E-state index in [1.54, 1.807) is 16.8 Å². The Labute approximate surface area is 232 Å². The fraction of sp³-hybridized carbons (Fsp3) is 0.609. The molecule has 1 rings (SSSR count). The van der Waals surface area contributed by atoms with E-state index in [1.807, 2.05) is 29.2 Å². The number of thiocarbonyl (C=S) groups is 1. The number of anilines is 1. The summed E-state index contributed by atoms with van der Waals surface area (Å²) in [6.07, 6.45) is 0.381. The Kier molecular flexibility index (Phi) is 18.1. The van der Waals surface area contributed by atoms with Gasteiger partial charge in [-0.25, -0.2) is 14.7 Å². The number of hydrogen-bond donors (Lipinski definition) is 7. The first-order valence-electron chi connectivity index (χ1n) is 12.2. The van der Waals surface area contributed by atoms with Crippen LogP contribution in [0.2, 0.25) is 0 Å².